The first-order valence-corrected chi connectivity index (χ1v) is 23.1. The zero-order chi connectivity index (χ0) is 42.8. The van der Waals surface area contributed by atoms with E-state index >= 15 is 0 Å². The van der Waals surface area contributed by atoms with E-state index in [0.29, 0.717) is 0 Å². The van der Waals surface area contributed by atoms with Gasteiger partial charge in [0.25, 0.3) is 0 Å². The second kappa shape index (κ2) is 15.2. The minimum atomic E-state index is 1.09. The Morgan fingerprint density at radius 2 is 0.831 bits per heavy atom. The largest absolute Gasteiger partial charge is 0.310 e. The first-order chi connectivity index (χ1) is 32.2. The fourth-order valence-electron chi connectivity index (χ4n) is 10.1. The van der Waals surface area contributed by atoms with Crippen LogP contribution in [0.5, 0.6) is 0 Å². The second-order valence-electron chi connectivity index (χ2n) is 16.9. The molecule has 0 N–H and O–H groups in total. The molecule has 2 nitrogen and oxygen atoms in total. The molecular formula is C62H40N2S. The lowest BCUT2D eigenvalue weighted by molar-refractivity contribution is 1.18. The Morgan fingerprint density at radius 1 is 0.292 bits per heavy atom. The lowest BCUT2D eigenvalue weighted by atomic mass is 9.93. The molecule has 11 aromatic carbocycles. The number of para-hydroxylation sites is 2. The Labute approximate surface area is 381 Å². The molecule has 2 aromatic heterocycles. The first-order valence-electron chi connectivity index (χ1n) is 22.2. The number of thiophene rings is 1. The molecule has 65 heavy (non-hydrogen) atoms. The van der Waals surface area contributed by atoms with Crippen LogP contribution in [0.15, 0.2) is 243 Å². The maximum Gasteiger partial charge on any atom is 0.0541 e. The van der Waals surface area contributed by atoms with Gasteiger partial charge in [-0.05, 0) is 140 Å². The minimum Gasteiger partial charge on any atom is -0.310 e. The molecule has 0 aliphatic heterocycles. The summed E-state index contributed by atoms with van der Waals surface area (Å²) >= 11 is 1.86. The van der Waals surface area contributed by atoms with Crippen molar-refractivity contribution >= 4 is 91.9 Å². The SMILES string of the molecule is c1cc(-c2cc3ccccc3c3ccccc23)cc(N(c2ccc(-c3cccc(-n4c5ccccc5c5ccccc54)c3)cc2)c2ccc(-c3ccc4sc5ccccc5c4c3)cc2)c1. The zero-order valence-electron chi connectivity index (χ0n) is 35.4. The summed E-state index contributed by atoms with van der Waals surface area (Å²) in [6, 6.07) is 89.0. The van der Waals surface area contributed by atoms with Gasteiger partial charge in [0, 0.05) is 53.7 Å². The molecule has 3 heteroatoms. The highest BCUT2D eigenvalue weighted by molar-refractivity contribution is 7.25. The third-order valence-corrected chi connectivity index (χ3v) is 14.3. The van der Waals surface area contributed by atoms with E-state index in [0.717, 1.165) is 22.7 Å². The standard InChI is InChI=1S/C62H40N2S/c1-2-18-51-46(13-1)40-57(53-20-4-3-19-52(51)53)45-15-12-16-49(38-45)63(48-34-29-42(30-35-48)44-31-36-62-58(39-44)56-23-7-10-26-61(56)65-62)47-32-27-41(28-33-47)43-14-11-17-50(37-43)64-59-24-8-5-21-54(59)55-22-6-9-25-60(55)64/h1-40H. The fraction of sp³-hybridized carbons (Fsp3) is 0. The Bertz CT molecular complexity index is 3900. The highest BCUT2D eigenvalue weighted by atomic mass is 32.1. The lowest BCUT2D eigenvalue weighted by Gasteiger charge is -2.26. The third-order valence-electron chi connectivity index (χ3n) is 13.2. The Morgan fingerprint density at radius 3 is 1.55 bits per heavy atom. The number of aromatic nitrogens is 1. The molecule has 2 heterocycles. The molecule has 0 spiro atoms. The van der Waals surface area contributed by atoms with Crippen LogP contribution in [0.3, 0.4) is 0 Å². The second-order valence-corrected chi connectivity index (χ2v) is 18.0. The van der Waals surface area contributed by atoms with E-state index in [2.05, 4.69) is 252 Å². The van der Waals surface area contributed by atoms with Crippen LogP contribution in [0, 0.1) is 0 Å². The number of benzene rings is 11. The van der Waals surface area contributed by atoms with E-state index in [1.54, 1.807) is 0 Å². The van der Waals surface area contributed by atoms with Crippen molar-refractivity contribution in [2.24, 2.45) is 0 Å². The molecule has 13 rings (SSSR count). The average Bonchev–Trinajstić information content (AvgIpc) is 3.92. The van der Waals surface area contributed by atoms with Crippen LogP contribution in [-0.2, 0) is 0 Å². The summed E-state index contributed by atoms with van der Waals surface area (Å²) in [6.45, 7) is 0. The van der Waals surface area contributed by atoms with Crippen molar-refractivity contribution in [1.82, 2.24) is 4.57 Å². The molecule has 13 aromatic rings. The van der Waals surface area contributed by atoms with Crippen LogP contribution >= 0.6 is 11.3 Å². The molecule has 0 radical (unpaired) electrons. The Balaban J connectivity index is 0.916. The topological polar surface area (TPSA) is 8.17 Å². The summed E-state index contributed by atoms with van der Waals surface area (Å²) < 4.78 is 5.03. The summed E-state index contributed by atoms with van der Waals surface area (Å²) in [5.74, 6) is 0. The number of rotatable bonds is 7. The molecule has 0 saturated carbocycles. The van der Waals surface area contributed by atoms with E-state index in [1.165, 1.54) is 96.9 Å². The molecular weight excluding hydrogens is 805 g/mol. The highest BCUT2D eigenvalue weighted by Crippen LogP contribution is 2.42. The van der Waals surface area contributed by atoms with Crippen molar-refractivity contribution in [3.05, 3.63) is 243 Å². The third kappa shape index (κ3) is 6.31. The molecule has 304 valence electrons. The van der Waals surface area contributed by atoms with E-state index in [4.69, 9.17) is 0 Å². The molecule has 0 saturated heterocycles. The molecule has 0 amide bonds. The van der Waals surface area contributed by atoms with Crippen molar-refractivity contribution in [2.75, 3.05) is 4.90 Å². The maximum absolute atomic E-state index is 2.39. The summed E-state index contributed by atoms with van der Waals surface area (Å²) in [6.07, 6.45) is 0. The van der Waals surface area contributed by atoms with Gasteiger partial charge in [-0.3, -0.25) is 0 Å². The van der Waals surface area contributed by atoms with Gasteiger partial charge >= 0.3 is 0 Å². The molecule has 0 aliphatic rings. The van der Waals surface area contributed by atoms with Gasteiger partial charge in [-0.25, -0.2) is 0 Å². The van der Waals surface area contributed by atoms with Crippen molar-refractivity contribution < 1.29 is 0 Å². The number of nitrogens with zero attached hydrogens (tertiary/aromatic N) is 2. The van der Waals surface area contributed by atoms with Crippen LogP contribution in [0.4, 0.5) is 17.1 Å². The summed E-state index contributed by atoms with van der Waals surface area (Å²) in [7, 11) is 0. The number of anilines is 3. The fourth-order valence-corrected chi connectivity index (χ4v) is 11.2. The van der Waals surface area contributed by atoms with E-state index in [1.807, 2.05) is 11.3 Å². The van der Waals surface area contributed by atoms with Crippen LogP contribution in [0.2, 0.25) is 0 Å². The van der Waals surface area contributed by atoms with Crippen LogP contribution in [0.1, 0.15) is 0 Å². The summed E-state index contributed by atoms with van der Waals surface area (Å²) in [5.41, 5.74) is 14.0. The van der Waals surface area contributed by atoms with Crippen molar-refractivity contribution in [3.63, 3.8) is 0 Å². The summed E-state index contributed by atoms with van der Waals surface area (Å²) in [5, 5.41) is 10.2. The molecule has 0 atom stereocenters. The Kier molecular flexibility index (Phi) is 8.75. The van der Waals surface area contributed by atoms with Gasteiger partial charge < -0.3 is 9.47 Å². The molecule has 0 aliphatic carbocycles. The van der Waals surface area contributed by atoms with E-state index < -0.39 is 0 Å². The van der Waals surface area contributed by atoms with Crippen molar-refractivity contribution in [2.45, 2.75) is 0 Å². The predicted octanol–water partition coefficient (Wildman–Crippen LogP) is 17.9. The first kappa shape index (κ1) is 37.3. The number of hydrogen-bond donors (Lipinski definition) is 0. The zero-order valence-corrected chi connectivity index (χ0v) is 36.2. The average molecular weight is 845 g/mol. The molecule has 0 unspecified atom stereocenters. The van der Waals surface area contributed by atoms with E-state index in [9.17, 15) is 0 Å². The van der Waals surface area contributed by atoms with Crippen LogP contribution in [0.25, 0.3) is 103 Å². The van der Waals surface area contributed by atoms with Crippen LogP contribution < -0.4 is 4.90 Å². The maximum atomic E-state index is 2.39. The van der Waals surface area contributed by atoms with Gasteiger partial charge in [-0.1, -0.05) is 158 Å². The van der Waals surface area contributed by atoms with Gasteiger partial charge in [-0.15, -0.1) is 11.3 Å². The number of fused-ring (bicyclic) bond motifs is 9. The van der Waals surface area contributed by atoms with Crippen LogP contribution in [-0.4, -0.2) is 4.57 Å². The monoisotopic (exact) mass is 844 g/mol. The normalized spacial score (nSPS) is 11.7. The Hall–Kier alpha value is -8.24. The molecule has 0 bridgehead atoms. The van der Waals surface area contributed by atoms with Gasteiger partial charge in [0.15, 0.2) is 0 Å². The van der Waals surface area contributed by atoms with Gasteiger partial charge in [-0.2, -0.15) is 0 Å². The highest BCUT2D eigenvalue weighted by Gasteiger charge is 2.17. The van der Waals surface area contributed by atoms with Gasteiger partial charge in [0.1, 0.15) is 0 Å². The van der Waals surface area contributed by atoms with Crippen molar-refractivity contribution in [3.8, 4) is 39.1 Å². The minimum absolute atomic E-state index is 1.09. The summed E-state index contributed by atoms with van der Waals surface area (Å²) in [4.78, 5) is 2.39. The quantitative estimate of drug-likeness (QED) is 0.145. The van der Waals surface area contributed by atoms with Crippen molar-refractivity contribution in [1.29, 1.82) is 0 Å². The van der Waals surface area contributed by atoms with Gasteiger partial charge in [0.2, 0.25) is 0 Å². The van der Waals surface area contributed by atoms with Gasteiger partial charge in [0.05, 0.1) is 11.0 Å². The van der Waals surface area contributed by atoms with E-state index in [-0.39, 0.29) is 0 Å². The number of hydrogen-bond acceptors (Lipinski definition) is 2. The lowest BCUT2D eigenvalue weighted by Crippen LogP contribution is -2.10. The predicted molar refractivity (Wildman–Crippen MR) is 280 cm³/mol. The molecule has 0 fully saturated rings. The smallest absolute Gasteiger partial charge is 0.0541 e.